The molecule has 1 saturated heterocycles. The number of likely N-dealkylation sites (tertiary alicyclic amines) is 1. The number of aromatic nitrogens is 1. The Kier molecular flexibility index (Phi) is 4.12. The van der Waals surface area contributed by atoms with Crippen molar-refractivity contribution < 1.29 is 9.90 Å². The van der Waals surface area contributed by atoms with Crippen LogP contribution in [0, 0.1) is 12.8 Å². The van der Waals surface area contributed by atoms with E-state index in [9.17, 15) is 9.90 Å². The molecule has 1 amide bonds. The lowest BCUT2D eigenvalue weighted by molar-refractivity contribution is 0.0467. The van der Waals surface area contributed by atoms with E-state index in [1.54, 1.807) is 0 Å². The number of para-hydroxylation sites is 1. The highest BCUT2D eigenvalue weighted by atomic mass is 16.3. The van der Waals surface area contributed by atoms with Gasteiger partial charge >= 0.3 is 0 Å². The Bertz CT molecular complexity index is 697. The summed E-state index contributed by atoms with van der Waals surface area (Å²) in [6, 6.07) is 9.70. The number of amides is 1. The van der Waals surface area contributed by atoms with Crippen LogP contribution < -0.4 is 0 Å². The fraction of sp³-hybridized carbons (Fsp3) is 0.444. The highest BCUT2D eigenvalue weighted by Gasteiger charge is 2.27. The summed E-state index contributed by atoms with van der Waals surface area (Å²) in [6.07, 6.45) is 1.55. The highest BCUT2D eigenvalue weighted by molar-refractivity contribution is 6.05. The van der Waals surface area contributed by atoms with Crippen LogP contribution in [0.2, 0.25) is 0 Å². The van der Waals surface area contributed by atoms with Gasteiger partial charge in [-0.1, -0.05) is 18.2 Å². The lowest BCUT2D eigenvalue weighted by Crippen LogP contribution is -2.43. The summed E-state index contributed by atoms with van der Waals surface area (Å²) < 4.78 is 0. The number of aryl methyl sites for hydroxylation is 1. The van der Waals surface area contributed by atoms with Crippen molar-refractivity contribution in [3.05, 3.63) is 41.6 Å². The summed E-state index contributed by atoms with van der Waals surface area (Å²) in [6.45, 7) is 5.12. The molecule has 0 aliphatic carbocycles. The summed E-state index contributed by atoms with van der Waals surface area (Å²) in [4.78, 5) is 19.3. The molecule has 0 bridgehead atoms. The number of benzene rings is 1. The lowest BCUT2D eigenvalue weighted by Gasteiger charge is -2.34. The van der Waals surface area contributed by atoms with E-state index in [1.807, 2.05) is 49.1 Å². The van der Waals surface area contributed by atoms with E-state index in [1.165, 1.54) is 0 Å². The molecule has 1 N–H and O–H groups in total. The standard InChI is InChI=1S/C18H22N2O2/c1-12-8-9-14-5-3-7-16(17(14)19-12)18(22)20-10-4-6-15(11-20)13(2)21/h3,5,7-9,13,15,21H,4,6,10-11H2,1-2H3. The van der Waals surface area contributed by atoms with Crippen LogP contribution in [0.4, 0.5) is 0 Å². The van der Waals surface area contributed by atoms with Crippen LogP contribution in [-0.2, 0) is 0 Å². The molecule has 2 atom stereocenters. The third-order valence-corrected chi connectivity index (χ3v) is 4.52. The third kappa shape index (κ3) is 2.83. The zero-order chi connectivity index (χ0) is 15.7. The summed E-state index contributed by atoms with van der Waals surface area (Å²) >= 11 is 0. The summed E-state index contributed by atoms with van der Waals surface area (Å²) in [5, 5.41) is 10.8. The van der Waals surface area contributed by atoms with Crippen LogP contribution in [0.1, 0.15) is 35.8 Å². The number of aliphatic hydroxyl groups is 1. The summed E-state index contributed by atoms with van der Waals surface area (Å²) in [5.74, 6) is 0.191. The van der Waals surface area contributed by atoms with Gasteiger partial charge in [0.25, 0.3) is 5.91 Å². The number of pyridine rings is 1. The minimum Gasteiger partial charge on any atom is -0.393 e. The molecule has 0 spiro atoms. The topological polar surface area (TPSA) is 53.4 Å². The smallest absolute Gasteiger partial charge is 0.256 e. The average molecular weight is 298 g/mol. The van der Waals surface area contributed by atoms with Crippen LogP contribution in [0.15, 0.2) is 30.3 Å². The maximum absolute atomic E-state index is 12.9. The van der Waals surface area contributed by atoms with Crippen molar-refractivity contribution >= 4 is 16.8 Å². The average Bonchev–Trinajstić information content (AvgIpc) is 2.53. The Labute approximate surface area is 130 Å². The fourth-order valence-electron chi connectivity index (χ4n) is 3.18. The molecule has 2 heterocycles. The molecule has 0 saturated carbocycles. The second-order valence-electron chi connectivity index (χ2n) is 6.22. The second kappa shape index (κ2) is 6.05. The molecule has 4 nitrogen and oxygen atoms in total. The van der Waals surface area contributed by atoms with E-state index in [4.69, 9.17) is 0 Å². The lowest BCUT2D eigenvalue weighted by atomic mass is 9.93. The molecule has 1 aromatic heterocycles. The Morgan fingerprint density at radius 1 is 1.36 bits per heavy atom. The predicted octanol–water partition coefficient (Wildman–Crippen LogP) is 2.78. The molecule has 1 fully saturated rings. The molecule has 1 aliphatic heterocycles. The van der Waals surface area contributed by atoms with Gasteiger partial charge in [-0.2, -0.15) is 0 Å². The van der Waals surface area contributed by atoms with Crippen molar-refractivity contribution in [3.63, 3.8) is 0 Å². The highest BCUT2D eigenvalue weighted by Crippen LogP contribution is 2.24. The third-order valence-electron chi connectivity index (χ3n) is 4.52. The molecule has 2 unspecified atom stereocenters. The predicted molar refractivity (Wildman–Crippen MR) is 86.8 cm³/mol. The van der Waals surface area contributed by atoms with Crippen molar-refractivity contribution in [2.24, 2.45) is 5.92 Å². The maximum atomic E-state index is 12.9. The second-order valence-corrected chi connectivity index (χ2v) is 6.22. The van der Waals surface area contributed by atoms with Crippen molar-refractivity contribution in [1.82, 2.24) is 9.88 Å². The molecule has 4 heteroatoms. The Hall–Kier alpha value is -1.94. The van der Waals surface area contributed by atoms with Crippen molar-refractivity contribution in [2.45, 2.75) is 32.8 Å². The first-order valence-corrected chi connectivity index (χ1v) is 7.90. The number of hydrogen-bond donors (Lipinski definition) is 1. The van der Waals surface area contributed by atoms with Crippen molar-refractivity contribution in [3.8, 4) is 0 Å². The Morgan fingerprint density at radius 3 is 2.95 bits per heavy atom. The molecule has 3 rings (SSSR count). The molecule has 22 heavy (non-hydrogen) atoms. The first-order valence-electron chi connectivity index (χ1n) is 7.90. The van der Waals surface area contributed by atoms with E-state index in [-0.39, 0.29) is 17.9 Å². The molecule has 1 aliphatic rings. The number of fused-ring (bicyclic) bond motifs is 1. The van der Waals surface area contributed by atoms with Gasteiger partial charge in [0.15, 0.2) is 0 Å². The van der Waals surface area contributed by atoms with Crippen LogP contribution in [0.3, 0.4) is 0 Å². The fourth-order valence-corrected chi connectivity index (χ4v) is 3.18. The van der Waals surface area contributed by atoms with Crippen molar-refractivity contribution in [2.75, 3.05) is 13.1 Å². The molecule has 2 aromatic rings. The molecule has 0 radical (unpaired) electrons. The number of carbonyl (C=O) groups is 1. The van der Waals surface area contributed by atoms with E-state index in [2.05, 4.69) is 4.98 Å². The van der Waals surface area contributed by atoms with Gasteiger partial charge < -0.3 is 10.0 Å². The van der Waals surface area contributed by atoms with Crippen LogP contribution in [0.25, 0.3) is 10.9 Å². The number of piperidine rings is 1. The SMILES string of the molecule is Cc1ccc2cccc(C(=O)N3CCCC(C(C)O)C3)c2n1. The Balaban J connectivity index is 1.93. The Morgan fingerprint density at radius 2 is 2.18 bits per heavy atom. The maximum Gasteiger partial charge on any atom is 0.256 e. The number of rotatable bonds is 2. The zero-order valence-corrected chi connectivity index (χ0v) is 13.1. The van der Waals surface area contributed by atoms with Gasteiger partial charge in [0, 0.05) is 30.1 Å². The molecule has 116 valence electrons. The first kappa shape index (κ1) is 15.0. The van der Waals surface area contributed by atoms with Gasteiger partial charge in [-0.15, -0.1) is 0 Å². The summed E-state index contributed by atoms with van der Waals surface area (Å²) in [5.41, 5.74) is 2.34. The van der Waals surface area contributed by atoms with Gasteiger partial charge in [0.2, 0.25) is 0 Å². The zero-order valence-electron chi connectivity index (χ0n) is 13.1. The van der Waals surface area contributed by atoms with E-state index in [0.29, 0.717) is 12.1 Å². The van der Waals surface area contributed by atoms with Gasteiger partial charge in [-0.3, -0.25) is 9.78 Å². The van der Waals surface area contributed by atoms with E-state index >= 15 is 0 Å². The van der Waals surface area contributed by atoms with Gasteiger partial charge in [-0.05, 0) is 38.8 Å². The normalized spacial score (nSPS) is 20.1. The minimum absolute atomic E-state index is 0.0223. The van der Waals surface area contributed by atoms with Gasteiger partial charge in [0.05, 0.1) is 17.2 Å². The largest absolute Gasteiger partial charge is 0.393 e. The van der Waals surface area contributed by atoms with Crippen LogP contribution in [-0.4, -0.2) is 40.1 Å². The van der Waals surface area contributed by atoms with Gasteiger partial charge in [-0.25, -0.2) is 0 Å². The molecular weight excluding hydrogens is 276 g/mol. The monoisotopic (exact) mass is 298 g/mol. The van der Waals surface area contributed by atoms with Crippen molar-refractivity contribution in [1.29, 1.82) is 0 Å². The quantitative estimate of drug-likeness (QED) is 0.927. The molecule has 1 aromatic carbocycles. The minimum atomic E-state index is -0.372. The summed E-state index contributed by atoms with van der Waals surface area (Å²) in [7, 11) is 0. The van der Waals surface area contributed by atoms with Gasteiger partial charge in [0.1, 0.15) is 0 Å². The number of aliphatic hydroxyl groups excluding tert-OH is 1. The van der Waals surface area contributed by atoms with Crippen LogP contribution in [0.5, 0.6) is 0 Å². The van der Waals surface area contributed by atoms with E-state index < -0.39 is 0 Å². The van der Waals surface area contributed by atoms with Crippen LogP contribution >= 0.6 is 0 Å². The first-order chi connectivity index (χ1) is 10.6. The van der Waals surface area contributed by atoms with E-state index in [0.717, 1.165) is 36.0 Å². The molecular formula is C18H22N2O2. The number of nitrogens with zero attached hydrogens (tertiary/aromatic N) is 2. The number of hydrogen-bond acceptors (Lipinski definition) is 3. The number of carbonyl (C=O) groups excluding carboxylic acids is 1.